The summed E-state index contributed by atoms with van der Waals surface area (Å²) in [5.74, 6) is -2.43. The van der Waals surface area contributed by atoms with E-state index in [1.165, 1.54) is 7.05 Å². The molecule has 1 aromatic rings. The molecule has 7 nitrogen and oxygen atoms in total. The quantitative estimate of drug-likeness (QED) is 0.643. The minimum Gasteiger partial charge on any atom is -0.480 e. The van der Waals surface area contributed by atoms with Crippen LogP contribution < -0.4 is 5.32 Å². The van der Waals surface area contributed by atoms with Gasteiger partial charge in [-0.2, -0.15) is 0 Å². The van der Waals surface area contributed by atoms with Crippen LogP contribution >= 0.6 is 0 Å². The highest BCUT2D eigenvalue weighted by Gasteiger charge is 2.26. The molecule has 0 aliphatic heterocycles. The van der Waals surface area contributed by atoms with Crippen molar-refractivity contribution in [3.05, 3.63) is 35.9 Å². The number of likely N-dealkylation sites (N-methyl/N-ethyl adjacent to an activating group) is 1. The minimum atomic E-state index is -1.15. The second-order valence-electron chi connectivity index (χ2n) is 4.16. The number of aliphatic carboxylic acids is 1. The molecule has 0 aromatic heterocycles. The standard InChI is InChI=1S/C13H16N2O5/c1-15(7-11(18)19)13(20)12(14-10(17)8-16)9-5-3-2-4-6-9/h2-6,12,16H,7-8H2,1H3,(H,14,17)(H,18,19)/t12-/m1/s1. The van der Waals surface area contributed by atoms with Crippen LogP contribution in [0.2, 0.25) is 0 Å². The number of nitrogens with one attached hydrogen (secondary N) is 1. The van der Waals surface area contributed by atoms with E-state index in [1.807, 2.05) is 0 Å². The van der Waals surface area contributed by atoms with Crippen LogP contribution in [-0.2, 0) is 14.4 Å². The number of benzene rings is 1. The smallest absolute Gasteiger partial charge is 0.323 e. The van der Waals surface area contributed by atoms with Crippen LogP contribution in [0.4, 0.5) is 0 Å². The van der Waals surface area contributed by atoms with Crippen molar-refractivity contribution in [1.82, 2.24) is 10.2 Å². The van der Waals surface area contributed by atoms with Crippen molar-refractivity contribution in [3.8, 4) is 0 Å². The second kappa shape index (κ2) is 7.25. The minimum absolute atomic E-state index is 0.475. The summed E-state index contributed by atoms with van der Waals surface area (Å²) in [6.45, 7) is -1.23. The molecule has 0 aliphatic rings. The van der Waals surface area contributed by atoms with Gasteiger partial charge in [0.25, 0.3) is 0 Å². The lowest BCUT2D eigenvalue weighted by Gasteiger charge is -2.23. The molecular weight excluding hydrogens is 264 g/mol. The maximum atomic E-state index is 12.2. The molecule has 0 heterocycles. The number of carboxylic acid groups (broad SMARTS) is 1. The molecule has 0 bridgehead atoms. The van der Waals surface area contributed by atoms with E-state index >= 15 is 0 Å². The van der Waals surface area contributed by atoms with Crippen LogP contribution in [0.3, 0.4) is 0 Å². The van der Waals surface area contributed by atoms with Gasteiger partial charge in [0.2, 0.25) is 11.8 Å². The zero-order valence-corrected chi connectivity index (χ0v) is 10.9. The van der Waals surface area contributed by atoms with Gasteiger partial charge in [-0.25, -0.2) is 0 Å². The normalized spacial score (nSPS) is 11.5. The van der Waals surface area contributed by atoms with Crippen molar-refractivity contribution < 1.29 is 24.6 Å². The maximum Gasteiger partial charge on any atom is 0.323 e. The molecule has 0 unspecified atom stereocenters. The highest BCUT2D eigenvalue weighted by atomic mass is 16.4. The lowest BCUT2D eigenvalue weighted by Crippen LogP contribution is -2.43. The molecule has 0 radical (unpaired) electrons. The maximum absolute atomic E-state index is 12.2. The lowest BCUT2D eigenvalue weighted by atomic mass is 10.1. The summed E-state index contributed by atoms with van der Waals surface area (Å²) in [5, 5.41) is 19.8. The summed E-state index contributed by atoms with van der Waals surface area (Å²) in [7, 11) is 1.33. The fourth-order valence-corrected chi connectivity index (χ4v) is 1.64. The molecule has 1 aromatic carbocycles. The summed E-state index contributed by atoms with van der Waals surface area (Å²) in [6, 6.07) is 7.37. The topological polar surface area (TPSA) is 107 Å². The van der Waals surface area contributed by atoms with Crippen LogP contribution in [0.25, 0.3) is 0 Å². The van der Waals surface area contributed by atoms with E-state index in [-0.39, 0.29) is 0 Å². The molecule has 20 heavy (non-hydrogen) atoms. The summed E-state index contributed by atoms with van der Waals surface area (Å²) >= 11 is 0. The monoisotopic (exact) mass is 280 g/mol. The SMILES string of the molecule is CN(CC(=O)O)C(=O)[C@H](NC(=O)CO)c1ccccc1. The Hall–Kier alpha value is -2.41. The van der Waals surface area contributed by atoms with Gasteiger partial charge in [-0.15, -0.1) is 0 Å². The van der Waals surface area contributed by atoms with Gasteiger partial charge < -0.3 is 20.4 Å². The zero-order chi connectivity index (χ0) is 15.1. The van der Waals surface area contributed by atoms with Crippen LogP contribution in [0, 0.1) is 0 Å². The first kappa shape index (κ1) is 15.6. The van der Waals surface area contributed by atoms with E-state index in [1.54, 1.807) is 30.3 Å². The summed E-state index contributed by atoms with van der Waals surface area (Å²) in [5.41, 5.74) is 0.511. The lowest BCUT2D eigenvalue weighted by molar-refractivity contribution is -0.145. The third-order valence-electron chi connectivity index (χ3n) is 2.58. The van der Waals surface area contributed by atoms with Crippen molar-refractivity contribution >= 4 is 17.8 Å². The van der Waals surface area contributed by atoms with E-state index in [0.29, 0.717) is 5.56 Å². The van der Waals surface area contributed by atoms with E-state index in [0.717, 1.165) is 4.90 Å². The van der Waals surface area contributed by atoms with E-state index in [4.69, 9.17) is 10.2 Å². The van der Waals surface area contributed by atoms with Crippen molar-refractivity contribution in [2.75, 3.05) is 20.2 Å². The van der Waals surface area contributed by atoms with Crippen molar-refractivity contribution in [2.24, 2.45) is 0 Å². The molecule has 3 N–H and O–H groups in total. The molecule has 0 aliphatic carbocycles. The van der Waals surface area contributed by atoms with Gasteiger partial charge in [-0.1, -0.05) is 30.3 Å². The molecule has 0 spiro atoms. The Morgan fingerprint density at radius 2 is 1.85 bits per heavy atom. The molecule has 2 amide bonds. The van der Waals surface area contributed by atoms with Crippen molar-refractivity contribution in [2.45, 2.75) is 6.04 Å². The number of carbonyl (C=O) groups is 3. The summed E-state index contributed by atoms with van der Waals surface area (Å²) in [6.07, 6.45) is 0. The van der Waals surface area contributed by atoms with E-state index < -0.39 is 37.0 Å². The number of carboxylic acids is 1. The zero-order valence-electron chi connectivity index (χ0n) is 10.9. The highest BCUT2D eigenvalue weighted by molar-refractivity contribution is 5.90. The molecule has 1 atom stereocenters. The average molecular weight is 280 g/mol. The fraction of sp³-hybridized carbons (Fsp3) is 0.308. The molecule has 0 saturated heterocycles. The Morgan fingerprint density at radius 3 is 2.35 bits per heavy atom. The van der Waals surface area contributed by atoms with Crippen LogP contribution in [0.1, 0.15) is 11.6 Å². The largest absolute Gasteiger partial charge is 0.480 e. The van der Waals surface area contributed by atoms with E-state index in [2.05, 4.69) is 5.32 Å². The third kappa shape index (κ3) is 4.36. The van der Waals surface area contributed by atoms with Gasteiger partial charge in [0, 0.05) is 7.05 Å². The van der Waals surface area contributed by atoms with Gasteiger partial charge in [0.15, 0.2) is 0 Å². The van der Waals surface area contributed by atoms with Gasteiger partial charge in [0.1, 0.15) is 19.2 Å². The van der Waals surface area contributed by atoms with E-state index in [9.17, 15) is 14.4 Å². The Labute approximate surface area is 115 Å². The third-order valence-corrected chi connectivity index (χ3v) is 2.58. The van der Waals surface area contributed by atoms with Gasteiger partial charge in [0.05, 0.1) is 0 Å². The number of aliphatic hydroxyl groups excluding tert-OH is 1. The van der Waals surface area contributed by atoms with Gasteiger partial charge in [-0.05, 0) is 5.56 Å². The van der Waals surface area contributed by atoms with Crippen LogP contribution in [-0.4, -0.2) is 53.1 Å². The van der Waals surface area contributed by atoms with Crippen LogP contribution in [0.15, 0.2) is 30.3 Å². The number of rotatable bonds is 6. The molecule has 108 valence electrons. The number of aliphatic hydroxyl groups is 1. The summed E-state index contributed by atoms with van der Waals surface area (Å²) in [4.78, 5) is 35.1. The Balaban J connectivity index is 2.95. The second-order valence-corrected chi connectivity index (χ2v) is 4.16. The van der Waals surface area contributed by atoms with Crippen LogP contribution in [0.5, 0.6) is 0 Å². The molecular formula is C13H16N2O5. The molecule has 1 rings (SSSR count). The van der Waals surface area contributed by atoms with Gasteiger partial charge >= 0.3 is 5.97 Å². The number of carbonyl (C=O) groups excluding carboxylic acids is 2. The molecule has 0 saturated carbocycles. The number of hydrogen-bond acceptors (Lipinski definition) is 4. The van der Waals surface area contributed by atoms with Gasteiger partial charge in [-0.3, -0.25) is 14.4 Å². The average Bonchev–Trinajstić information content (AvgIpc) is 2.43. The van der Waals surface area contributed by atoms with Crippen molar-refractivity contribution in [1.29, 1.82) is 0 Å². The first-order chi connectivity index (χ1) is 9.45. The first-order valence-corrected chi connectivity index (χ1v) is 5.87. The fourth-order valence-electron chi connectivity index (χ4n) is 1.64. The molecule has 0 fully saturated rings. The Morgan fingerprint density at radius 1 is 1.25 bits per heavy atom. The highest BCUT2D eigenvalue weighted by Crippen LogP contribution is 2.15. The Bertz CT molecular complexity index is 489. The summed E-state index contributed by atoms with van der Waals surface area (Å²) < 4.78 is 0. The number of nitrogens with zero attached hydrogens (tertiary/aromatic N) is 1. The molecule has 7 heteroatoms. The predicted octanol–water partition coefficient (Wildman–Crippen LogP) is -0.621. The Kier molecular flexibility index (Phi) is 5.67. The van der Waals surface area contributed by atoms with Crippen molar-refractivity contribution in [3.63, 3.8) is 0 Å². The number of hydrogen-bond donors (Lipinski definition) is 3. The number of amides is 2. The predicted molar refractivity (Wildman–Crippen MR) is 69.7 cm³/mol. The first-order valence-electron chi connectivity index (χ1n) is 5.87.